The van der Waals surface area contributed by atoms with E-state index < -0.39 is 0 Å². The maximum absolute atomic E-state index is 5.15. The van der Waals surface area contributed by atoms with Gasteiger partial charge in [0.05, 0.1) is 6.10 Å². The number of ether oxygens (including phenoxy) is 1. The number of rotatable bonds is 7. The average Bonchev–Trinajstić information content (AvgIpc) is 2.11. The summed E-state index contributed by atoms with van der Waals surface area (Å²) in [5.41, 5.74) is 0. The Kier molecular flexibility index (Phi) is 8.29. The van der Waals surface area contributed by atoms with Crippen LogP contribution in [0.15, 0.2) is 0 Å². The number of hydrogen-bond donors (Lipinski definition) is 1. The van der Waals surface area contributed by atoms with Gasteiger partial charge < -0.3 is 10.1 Å². The average molecular weight is 238 g/mol. The second-order valence-corrected chi connectivity index (χ2v) is 3.83. The summed E-state index contributed by atoms with van der Waals surface area (Å²) in [5.74, 6) is 0. The van der Waals surface area contributed by atoms with Crippen molar-refractivity contribution in [2.45, 2.75) is 38.8 Å². The van der Waals surface area contributed by atoms with Gasteiger partial charge in [-0.1, -0.05) is 22.9 Å². The van der Waals surface area contributed by atoms with Gasteiger partial charge in [0, 0.05) is 25.0 Å². The van der Waals surface area contributed by atoms with Crippen molar-refractivity contribution >= 4 is 15.9 Å². The molecule has 0 radical (unpaired) electrons. The summed E-state index contributed by atoms with van der Waals surface area (Å²) < 4.78 is 5.15. The van der Waals surface area contributed by atoms with Crippen LogP contribution < -0.4 is 5.32 Å². The molecular weight excluding hydrogens is 218 g/mol. The van der Waals surface area contributed by atoms with E-state index in [9.17, 15) is 0 Å². The molecule has 74 valence electrons. The molecule has 1 N–H and O–H groups in total. The predicted molar refractivity (Wildman–Crippen MR) is 57.0 cm³/mol. The molecule has 0 heterocycles. The van der Waals surface area contributed by atoms with Crippen molar-refractivity contribution in [3.05, 3.63) is 0 Å². The Morgan fingerprint density at radius 1 is 1.50 bits per heavy atom. The molecule has 0 aliphatic carbocycles. The van der Waals surface area contributed by atoms with Gasteiger partial charge in [0.15, 0.2) is 0 Å². The van der Waals surface area contributed by atoms with Crippen LogP contribution in [0.1, 0.15) is 26.7 Å². The molecule has 0 amide bonds. The minimum absolute atomic E-state index is 0.314. The molecule has 12 heavy (non-hydrogen) atoms. The lowest BCUT2D eigenvalue weighted by atomic mass is 10.1. The molecule has 0 fully saturated rings. The van der Waals surface area contributed by atoms with Gasteiger partial charge in [-0.2, -0.15) is 0 Å². The van der Waals surface area contributed by atoms with Gasteiger partial charge >= 0.3 is 0 Å². The molecule has 2 atom stereocenters. The van der Waals surface area contributed by atoms with E-state index in [0.717, 1.165) is 11.9 Å². The van der Waals surface area contributed by atoms with Crippen molar-refractivity contribution in [3.8, 4) is 0 Å². The molecule has 2 nitrogen and oxygen atoms in total. The fourth-order valence-corrected chi connectivity index (χ4v) is 1.55. The Labute approximate surface area is 84.2 Å². The lowest BCUT2D eigenvalue weighted by Gasteiger charge is -2.18. The van der Waals surface area contributed by atoms with E-state index in [2.05, 4.69) is 35.1 Å². The predicted octanol–water partition coefficient (Wildman–Crippen LogP) is 2.17. The number of alkyl halides is 1. The summed E-state index contributed by atoms with van der Waals surface area (Å²) in [4.78, 5) is 0. The van der Waals surface area contributed by atoms with E-state index in [1.807, 2.05) is 0 Å². The van der Waals surface area contributed by atoms with Crippen LogP contribution in [0.4, 0.5) is 0 Å². The number of nitrogens with one attached hydrogen (secondary N) is 1. The first-order valence-electron chi connectivity index (χ1n) is 4.56. The summed E-state index contributed by atoms with van der Waals surface area (Å²) in [7, 11) is 1.75. The highest BCUT2D eigenvalue weighted by atomic mass is 79.9. The Morgan fingerprint density at radius 2 is 2.17 bits per heavy atom. The van der Waals surface area contributed by atoms with E-state index in [0.29, 0.717) is 12.1 Å². The van der Waals surface area contributed by atoms with E-state index >= 15 is 0 Å². The van der Waals surface area contributed by atoms with Gasteiger partial charge in [-0.3, -0.25) is 0 Å². The Bertz CT molecular complexity index is 101. The quantitative estimate of drug-likeness (QED) is 0.686. The van der Waals surface area contributed by atoms with E-state index in [4.69, 9.17) is 4.74 Å². The third kappa shape index (κ3) is 5.98. The SMILES string of the molecule is CCC(CCBr)NCC(C)OC. The van der Waals surface area contributed by atoms with Crippen molar-refractivity contribution in [2.75, 3.05) is 19.0 Å². The Balaban J connectivity index is 3.43. The topological polar surface area (TPSA) is 21.3 Å². The number of methoxy groups -OCH3 is 1. The van der Waals surface area contributed by atoms with Crippen LogP contribution >= 0.6 is 15.9 Å². The molecule has 0 aromatic carbocycles. The first-order chi connectivity index (χ1) is 5.74. The second-order valence-electron chi connectivity index (χ2n) is 3.04. The lowest BCUT2D eigenvalue weighted by Crippen LogP contribution is -2.35. The lowest BCUT2D eigenvalue weighted by molar-refractivity contribution is 0.114. The van der Waals surface area contributed by atoms with Crippen LogP contribution in [0.25, 0.3) is 0 Å². The molecule has 0 aliphatic rings. The van der Waals surface area contributed by atoms with Gasteiger partial charge in [-0.05, 0) is 19.8 Å². The van der Waals surface area contributed by atoms with Crippen LogP contribution in [0.5, 0.6) is 0 Å². The first kappa shape index (κ1) is 12.4. The van der Waals surface area contributed by atoms with E-state index in [1.54, 1.807) is 7.11 Å². The monoisotopic (exact) mass is 237 g/mol. The van der Waals surface area contributed by atoms with Crippen LogP contribution in [-0.4, -0.2) is 31.1 Å². The van der Waals surface area contributed by atoms with Crippen molar-refractivity contribution in [2.24, 2.45) is 0 Å². The zero-order chi connectivity index (χ0) is 9.40. The number of halogens is 1. The van der Waals surface area contributed by atoms with E-state index in [-0.39, 0.29) is 0 Å². The Morgan fingerprint density at radius 3 is 2.58 bits per heavy atom. The third-order valence-corrected chi connectivity index (χ3v) is 2.50. The van der Waals surface area contributed by atoms with E-state index in [1.165, 1.54) is 12.8 Å². The summed E-state index contributed by atoms with van der Waals surface area (Å²) in [6, 6.07) is 0.627. The van der Waals surface area contributed by atoms with Gasteiger partial charge in [-0.25, -0.2) is 0 Å². The van der Waals surface area contributed by atoms with Gasteiger partial charge in [0.25, 0.3) is 0 Å². The fraction of sp³-hybridized carbons (Fsp3) is 1.00. The Hall–Kier alpha value is 0.400. The summed E-state index contributed by atoms with van der Waals surface area (Å²) in [5, 5.41) is 4.54. The van der Waals surface area contributed by atoms with Crippen molar-refractivity contribution in [3.63, 3.8) is 0 Å². The molecule has 0 aliphatic heterocycles. The molecule has 0 bridgehead atoms. The minimum Gasteiger partial charge on any atom is -0.380 e. The van der Waals surface area contributed by atoms with Crippen LogP contribution in [0, 0.1) is 0 Å². The smallest absolute Gasteiger partial charge is 0.0667 e. The molecule has 2 unspecified atom stereocenters. The fourth-order valence-electron chi connectivity index (χ4n) is 0.998. The third-order valence-electron chi connectivity index (χ3n) is 2.05. The highest BCUT2D eigenvalue weighted by Crippen LogP contribution is 2.00. The number of hydrogen-bond acceptors (Lipinski definition) is 2. The molecule has 0 aromatic rings. The molecule has 0 spiro atoms. The minimum atomic E-state index is 0.314. The zero-order valence-corrected chi connectivity index (χ0v) is 9.86. The maximum atomic E-state index is 5.15. The van der Waals surface area contributed by atoms with Crippen molar-refractivity contribution < 1.29 is 4.74 Å². The molecule has 0 saturated carbocycles. The normalized spacial score (nSPS) is 16.0. The molecule has 0 saturated heterocycles. The highest BCUT2D eigenvalue weighted by Gasteiger charge is 2.06. The summed E-state index contributed by atoms with van der Waals surface area (Å²) in [6.45, 7) is 5.23. The van der Waals surface area contributed by atoms with Crippen LogP contribution in [0.3, 0.4) is 0 Å². The van der Waals surface area contributed by atoms with Gasteiger partial charge in [0.1, 0.15) is 0 Å². The summed E-state index contributed by atoms with van der Waals surface area (Å²) >= 11 is 3.44. The highest BCUT2D eigenvalue weighted by molar-refractivity contribution is 9.09. The van der Waals surface area contributed by atoms with Gasteiger partial charge in [0.2, 0.25) is 0 Å². The molecule has 0 rings (SSSR count). The second kappa shape index (κ2) is 8.02. The van der Waals surface area contributed by atoms with Crippen molar-refractivity contribution in [1.29, 1.82) is 0 Å². The van der Waals surface area contributed by atoms with Crippen LogP contribution in [0.2, 0.25) is 0 Å². The molecule has 0 aromatic heterocycles. The maximum Gasteiger partial charge on any atom is 0.0667 e. The largest absolute Gasteiger partial charge is 0.380 e. The zero-order valence-electron chi connectivity index (χ0n) is 8.27. The van der Waals surface area contributed by atoms with Crippen LogP contribution in [-0.2, 0) is 4.74 Å². The summed E-state index contributed by atoms with van der Waals surface area (Å²) in [6.07, 6.45) is 2.68. The van der Waals surface area contributed by atoms with Crippen molar-refractivity contribution in [1.82, 2.24) is 5.32 Å². The first-order valence-corrected chi connectivity index (χ1v) is 5.68. The molecule has 3 heteroatoms. The molecular formula is C9H20BrNO. The van der Waals surface area contributed by atoms with Gasteiger partial charge in [-0.15, -0.1) is 0 Å². The standard InChI is InChI=1S/C9H20BrNO/c1-4-9(5-6-10)11-7-8(2)12-3/h8-9,11H,4-7H2,1-3H3.